The van der Waals surface area contributed by atoms with Crippen molar-refractivity contribution in [2.45, 2.75) is 0 Å². The number of furan rings is 1. The molecule has 8 nitrogen and oxygen atoms in total. The second kappa shape index (κ2) is 3.08. The number of nitrogens with zero attached hydrogens (tertiary/aromatic N) is 4. The Hall–Kier alpha value is -2.38. The van der Waals surface area contributed by atoms with E-state index >= 15 is 0 Å². The van der Waals surface area contributed by atoms with Gasteiger partial charge in [-0.1, -0.05) is 0 Å². The van der Waals surface area contributed by atoms with E-state index in [-0.39, 0.29) is 23.4 Å². The van der Waals surface area contributed by atoms with Gasteiger partial charge in [0.25, 0.3) is 0 Å². The predicted molar refractivity (Wildman–Crippen MR) is 49.8 cm³/mol. The minimum absolute atomic E-state index is 0.212. The molecule has 0 aliphatic rings. The first-order valence-electron chi connectivity index (χ1n) is 3.99. The van der Waals surface area contributed by atoms with Gasteiger partial charge in [-0.3, -0.25) is 10.1 Å². The number of aromatic nitrogens is 3. The molecule has 0 aromatic carbocycles. The maximum Gasteiger partial charge on any atom is 0.433 e. The molecule has 2 aromatic rings. The van der Waals surface area contributed by atoms with E-state index in [1.165, 1.54) is 16.8 Å². The number of aryl methyl sites for hydroxylation is 1. The van der Waals surface area contributed by atoms with E-state index in [1.54, 1.807) is 7.05 Å². The highest BCUT2D eigenvalue weighted by Gasteiger charge is 2.16. The Kier molecular flexibility index (Phi) is 1.89. The van der Waals surface area contributed by atoms with Crippen molar-refractivity contribution in [1.82, 2.24) is 14.8 Å². The first kappa shape index (κ1) is 9.19. The number of nitrogen functional groups attached to an aromatic ring is 1. The van der Waals surface area contributed by atoms with Gasteiger partial charge in [0.2, 0.25) is 11.8 Å². The average Bonchev–Trinajstić information content (AvgIpc) is 2.74. The molecule has 2 N–H and O–H groups in total. The van der Waals surface area contributed by atoms with Gasteiger partial charge in [-0.2, -0.15) is 4.98 Å². The zero-order chi connectivity index (χ0) is 11.0. The van der Waals surface area contributed by atoms with Crippen LogP contribution in [0.5, 0.6) is 0 Å². The number of hydrogen-bond donors (Lipinski definition) is 1. The minimum atomic E-state index is -0.629. The summed E-state index contributed by atoms with van der Waals surface area (Å²) in [6.07, 6.45) is 0. The van der Waals surface area contributed by atoms with E-state index < -0.39 is 4.92 Å². The first-order valence-corrected chi connectivity index (χ1v) is 3.99. The molecule has 0 aliphatic carbocycles. The molecule has 0 fully saturated rings. The molecule has 2 rings (SSSR count). The minimum Gasteiger partial charge on any atom is -0.397 e. The predicted octanol–water partition coefficient (Wildman–Crippen LogP) is 0.566. The van der Waals surface area contributed by atoms with Gasteiger partial charge in [0.1, 0.15) is 4.92 Å². The molecule has 78 valence electrons. The number of hydrogen-bond acceptors (Lipinski definition) is 6. The topological polar surface area (TPSA) is 113 Å². The van der Waals surface area contributed by atoms with Crippen molar-refractivity contribution < 1.29 is 9.34 Å². The molecule has 0 aliphatic heterocycles. The second-order valence-corrected chi connectivity index (χ2v) is 2.81. The smallest absolute Gasteiger partial charge is 0.397 e. The standard InChI is InChI=1S/C7H7N5O3/c1-11-7(8)9-6(10-11)4-2-3-5(15-4)12(13)14/h2-3H,1H3,(H2,8,9,10). The fraction of sp³-hybridized carbons (Fsp3) is 0.143. The van der Waals surface area contributed by atoms with E-state index in [0.717, 1.165) is 0 Å². The Labute approximate surface area is 83.5 Å². The molecule has 2 heterocycles. The van der Waals surface area contributed by atoms with Crippen LogP contribution in [0.3, 0.4) is 0 Å². The van der Waals surface area contributed by atoms with Crippen molar-refractivity contribution in [3.63, 3.8) is 0 Å². The van der Waals surface area contributed by atoms with Gasteiger partial charge in [0.05, 0.1) is 6.07 Å². The molecule has 8 heteroatoms. The SMILES string of the molecule is Cn1nc(-c2ccc([N+](=O)[O-])o2)nc1N. The quantitative estimate of drug-likeness (QED) is 0.571. The molecule has 0 amide bonds. The van der Waals surface area contributed by atoms with E-state index in [1.807, 2.05) is 0 Å². The van der Waals surface area contributed by atoms with E-state index in [2.05, 4.69) is 10.1 Å². The molecule has 15 heavy (non-hydrogen) atoms. The Morgan fingerprint density at radius 1 is 1.60 bits per heavy atom. The maximum absolute atomic E-state index is 10.4. The lowest BCUT2D eigenvalue weighted by Gasteiger charge is -1.86. The van der Waals surface area contributed by atoms with E-state index in [0.29, 0.717) is 0 Å². The lowest BCUT2D eigenvalue weighted by molar-refractivity contribution is -0.401. The highest BCUT2D eigenvalue weighted by Crippen LogP contribution is 2.23. The van der Waals surface area contributed by atoms with Crippen LogP contribution < -0.4 is 5.73 Å². The molecule has 0 spiro atoms. The third-order valence-corrected chi connectivity index (χ3v) is 1.79. The molecule has 0 atom stereocenters. The molecule has 0 radical (unpaired) electrons. The van der Waals surface area contributed by atoms with Gasteiger partial charge in [-0.25, -0.2) is 4.68 Å². The molecule has 2 aromatic heterocycles. The number of nitro groups is 1. The maximum atomic E-state index is 10.4. The van der Waals surface area contributed by atoms with Crippen LogP contribution >= 0.6 is 0 Å². The summed E-state index contributed by atoms with van der Waals surface area (Å²) in [6, 6.07) is 2.66. The van der Waals surface area contributed by atoms with Gasteiger partial charge in [-0.05, 0) is 6.07 Å². The zero-order valence-corrected chi connectivity index (χ0v) is 7.75. The number of rotatable bonds is 2. The third-order valence-electron chi connectivity index (χ3n) is 1.79. The van der Waals surface area contributed by atoms with Gasteiger partial charge in [0, 0.05) is 7.05 Å². The van der Waals surface area contributed by atoms with Crippen LogP contribution in [0, 0.1) is 10.1 Å². The third kappa shape index (κ3) is 1.52. The largest absolute Gasteiger partial charge is 0.433 e. The van der Waals surface area contributed by atoms with E-state index in [4.69, 9.17) is 10.2 Å². The summed E-state index contributed by atoms with van der Waals surface area (Å²) in [7, 11) is 1.61. The second-order valence-electron chi connectivity index (χ2n) is 2.81. The number of nitrogens with two attached hydrogens (primary N) is 1. The zero-order valence-electron chi connectivity index (χ0n) is 7.75. The summed E-state index contributed by atoms with van der Waals surface area (Å²) < 4.78 is 6.26. The van der Waals surface area contributed by atoms with Crippen LogP contribution in [0.2, 0.25) is 0 Å². The normalized spacial score (nSPS) is 10.5. The molecular formula is C7H7N5O3. The highest BCUT2D eigenvalue weighted by atomic mass is 16.6. The van der Waals surface area contributed by atoms with Gasteiger partial charge in [-0.15, -0.1) is 5.10 Å². The lowest BCUT2D eigenvalue weighted by Crippen LogP contribution is -1.97. The molecule has 0 saturated heterocycles. The van der Waals surface area contributed by atoms with Crippen molar-refractivity contribution >= 4 is 11.8 Å². The van der Waals surface area contributed by atoms with Gasteiger partial charge >= 0.3 is 5.88 Å². The molecular weight excluding hydrogens is 202 g/mol. The van der Waals surface area contributed by atoms with Crippen LogP contribution in [0.1, 0.15) is 0 Å². The van der Waals surface area contributed by atoms with Crippen molar-refractivity contribution in [3.8, 4) is 11.6 Å². The monoisotopic (exact) mass is 209 g/mol. The fourth-order valence-electron chi connectivity index (χ4n) is 1.05. The van der Waals surface area contributed by atoms with Crippen LogP contribution in [0.4, 0.5) is 11.8 Å². The Morgan fingerprint density at radius 2 is 2.33 bits per heavy atom. The summed E-state index contributed by atoms with van der Waals surface area (Å²) >= 11 is 0. The van der Waals surface area contributed by atoms with Crippen LogP contribution in [-0.2, 0) is 7.05 Å². The summed E-state index contributed by atoms with van der Waals surface area (Å²) in [4.78, 5) is 13.6. The highest BCUT2D eigenvalue weighted by molar-refractivity contribution is 5.50. The average molecular weight is 209 g/mol. The van der Waals surface area contributed by atoms with Crippen molar-refractivity contribution in [3.05, 3.63) is 22.2 Å². The summed E-state index contributed by atoms with van der Waals surface area (Å²) in [6.45, 7) is 0. The summed E-state index contributed by atoms with van der Waals surface area (Å²) in [5.41, 5.74) is 5.46. The van der Waals surface area contributed by atoms with Crippen LogP contribution in [0.25, 0.3) is 11.6 Å². The molecule has 0 saturated carbocycles. The van der Waals surface area contributed by atoms with Crippen LogP contribution in [0.15, 0.2) is 16.5 Å². The Balaban J connectivity index is 2.41. The summed E-state index contributed by atoms with van der Waals surface area (Å²) in [5, 5.41) is 14.3. The van der Waals surface area contributed by atoms with Crippen molar-refractivity contribution in [2.75, 3.05) is 5.73 Å². The Morgan fingerprint density at radius 3 is 2.80 bits per heavy atom. The number of anilines is 1. The first-order chi connectivity index (χ1) is 7.08. The van der Waals surface area contributed by atoms with Crippen LogP contribution in [-0.4, -0.2) is 19.7 Å². The van der Waals surface area contributed by atoms with Gasteiger partial charge in [0.15, 0.2) is 5.76 Å². The summed E-state index contributed by atoms with van der Waals surface area (Å²) in [5.74, 6) is 0.303. The molecule has 0 unspecified atom stereocenters. The Bertz CT molecular complexity index is 495. The van der Waals surface area contributed by atoms with Crippen molar-refractivity contribution in [1.29, 1.82) is 0 Å². The van der Waals surface area contributed by atoms with Crippen molar-refractivity contribution in [2.24, 2.45) is 7.05 Å². The fourth-order valence-corrected chi connectivity index (χ4v) is 1.05. The van der Waals surface area contributed by atoms with E-state index in [9.17, 15) is 10.1 Å². The van der Waals surface area contributed by atoms with Gasteiger partial charge < -0.3 is 10.2 Å². The lowest BCUT2D eigenvalue weighted by atomic mass is 10.4. The molecule has 0 bridgehead atoms.